The number of anilines is 3. The van der Waals surface area contributed by atoms with Gasteiger partial charge in [0.05, 0.1) is 50.0 Å². The van der Waals surface area contributed by atoms with E-state index >= 15 is 4.39 Å². The number of nitrogens with one attached hydrogen (secondary N) is 3. The van der Waals surface area contributed by atoms with Crippen molar-refractivity contribution in [1.82, 2.24) is 45.0 Å². The molecular weight excluding hydrogens is 1050 g/mol. The number of rotatable bonds is 10. The van der Waals surface area contributed by atoms with Gasteiger partial charge in [0.1, 0.15) is 36.5 Å². The lowest BCUT2D eigenvalue weighted by Gasteiger charge is -2.40. The van der Waals surface area contributed by atoms with Gasteiger partial charge in [0.25, 0.3) is 0 Å². The lowest BCUT2D eigenvalue weighted by molar-refractivity contribution is -0.138. The average molecular weight is 1110 g/mol. The molecule has 0 radical (unpaired) electrons. The highest BCUT2D eigenvalue weighted by molar-refractivity contribution is 7.70. The fourth-order valence-corrected chi connectivity index (χ4v) is 11.9. The fraction of sp³-hybridized carbons (Fsp3) is 0.442. The number of nitrogen functional groups attached to an aromatic ring is 1. The maximum atomic E-state index is 16.5. The molecule has 4 aromatic heterocycles. The van der Waals surface area contributed by atoms with Crippen LogP contribution in [-0.2, 0) is 21.7 Å². The highest BCUT2D eigenvalue weighted by atomic mass is 35.5. The van der Waals surface area contributed by atoms with E-state index in [1.165, 1.54) is 44.7 Å². The summed E-state index contributed by atoms with van der Waals surface area (Å²) in [6.45, 7) is 16.7. The quantitative estimate of drug-likeness (QED) is 0.0573. The molecule has 410 valence electrons. The molecule has 0 saturated carbocycles. The number of aryl methyl sites for hydroxylation is 1. The lowest BCUT2D eigenvalue weighted by atomic mass is 9.91. The minimum atomic E-state index is -4.86. The van der Waals surface area contributed by atoms with E-state index in [1.54, 1.807) is 11.0 Å². The SMILES string of the molecule is C=CC(=O)N1CCN(c2nc(OCC3CCCN3C)nc3c(F)c(-c4nc(N)cc(C)c4C(F)(F)F)c(Cl)cc23)C(C)C1.CC1(C)CCC(Nc2ncc(C(F)(F)F)c(-c3c[nH]c4c(P(C)(C)=O)c(C#N)ccc34)n2)CN1. The van der Waals surface area contributed by atoms with Crippen molar-refractivity contribution in [1.29, 1.82) is 5.26 Å². The molecule has 16 nitrogen and oxygen atoms in total. The molecule has 3 saturated heterocycles. The molecule has 5 N–H and O–H groups in total. The van der Waals surface area contributed by atoms with Crippen LogP contribution in [0.4, 0.5) is 48.3 Å². The second kappa shape index (κ2) is 21.7. The summed E-state index contributed by atoms with van der Waals surface area (Å²) in [4.78, 5) is 41.9. The molecule has 9 rings (SSSR count). The molecule has 77 heavy (non-hydrogen) atoms. The number of carbonyl (C=O) groups excluding carboxylic acids is 1. The van der Waals surface area contributed by atoms with Crippen LogP contribution in [0, 0.1) is 24.1 Å². The number of H-pyrrole nitrogens is 1. The Hall–Kier alpha value is -6.60. The van der Waals surface area contributed by atoms with Gasteiger partial charge in [0.15, 0.2) is 5.82 Å². The Balaban J connectivity index is 0.000000209. The van der Waals surface area contributed by atoms with Crippen molar-refractivity contribution >= 4 is 69.3 Å². The van der Waals surface area contributed by atoms with Gasteiger partial charge in [0, 0.05) is 78.6 Å². The third-order valence-corrected chi connectivity index (χ3v) is 16.0. The van der Waals surface area contributed by atoms with Gasteiger partial charge in [0.2, 0.25) is 11.9 Å². The number of carbonyl (C=O) groups is 1. The normalized spacial score (nSPS) is 19.2. The molecule has 3 aliphatic heterocycles. The largest absolute Gasteiger partial charge is 0.462 e. The minimum Gasteiger partial charge on any atom is -0.462 e. The minimum absolute atomic E-state index is 0.00631. The van der Waals surface area contributed by atoms with Gasteiger partial charge >= 0.3 is 18.4 Å². The van der Waals surface area contributed by atoms with E-state index in [1.807, 2.05) is 24.9 Å². The number of aromatic nitrogens is 6. The van der Waals surface area contributed by atoms with Gasteiger partial charge in [-0.15, -0.1) is 0 Å². The van der Waals surface area contributed by atoms with Gasteiger partial charge in [-0.3, -0.25) is 4.79 Å². The number of halogens is 8. The van der Waals surface area contributed by atoms with Crippen LogP contribution in [0.3, 0.4) is 0 Å². The first-order valence-electron chi connectivity index (χ1n) is 24.7. The van der Waals surface area contributed by atoms with E-state index in [9.17, 15) is 41.0 Å². The van der Waals surface area contributed by atoms with Crippen molar-refractivity contribution in [2.75, 3.05) is 75.7 Å². The Kier molecular flexibility index (Phi) is 15.9. The van der Waals surface area contributed by atoms with E-state index in [0.29, 0.717) is 42.4 Å². The Morgan fingerprint density at radius 2 is 1.81 bits per heavy atom. The number of aromatic amines is 1. The second-order valence-electron chi connectivity index (χ2n) is 20.6. The van der Waals surface area contributed by atoms with Crippen LogP contribution in [-0.4, -0.2) is 129 Å². The van der Waals surface area contributed by atoms with Crippen molar-refractivity contribution in [2.24, 2.45) is 0 Å². The van der Waals surface area contributed by atoms with Crippen LogP contribution in [0.25, 0.3) is 44.3 Å². The third-order valence-electron chi connectivity index (χ3n) is 14.2. The van der Waals surface area contributed by atoms with Crippen LogP contribution in [0.2, 0.25) is 5.02 Å². The number of hydrogen-bond donors (Lipinski definition) is 4. The Labute approximate surface area is 445 Å². The molecular formula is C52H58ClF7N13O3P. The van der Waals surface area contributed by atoms with Crippen molar-refractivity contribution in [3.8, 4) is 34.6 Å². The maximum absolute atomic E-state index is 16.5. The van der Waals surface area contributed by atoms with Crippen LogP contribution >= 0.6 is 18.7 Å². The molecule has 0 aliphatic carbocycles. The first-order chi connectivity index (χ1) is 36.1. The Bertz CT molecular complexity index is 3350. The summed E-state index contributed by atoms with van der Waals surface area (Å²) < 4.78 is 120. The number of piperazine rings is 1. The molecule has 3 fully saturated rings. The van der Waals surface area contributed by atoms with Crippen molar-refractivity contribution in [3.63, 3.8) is 0 Å². The molecule has 2 aromatic carbocycles. The number of ether oxygens (including phenoxy) is 1. The number of piperidine rings is 1. The number of nitrogens with two attached hydrogens (primary N) is 1. The molecule has 0 bridgehead atoms. The fourth-order valence-electron chi connectivity index (χ4n) is 10.2. The first-order valence-corrected chi connectivity index (χ1v) is 27.7. The van der Waals surface area contributed by atoms with Crippen molar-refractivity contribution in [3.05, 3.63) is 82.4 Å². The number of alkyl halides is 6. The molecule has 1 amide bonds. The number of benzene rings is 2. The number of likely N-dealkylation sites (N-methyl/N-ethyl adjacent to an activating group) is 1. The molecule has 3 unspecified atom stereocenters. The zero-order chi connectivity index (χ0) is 56.1. The summed E-state index contributed by atoms with van der Waals surface area (Å²) in [5, 5.41) is 16.6. The summed E-state index contributed by atoms with van der Waals surface area (Å²) in [5.74, 6) is -1.14. The molecule has 3 atom stereocenters. The van der Waals surface area contributed by atoms with Gasteiger partial charge in [-0.05, 0) is 110 Å². The Morgan fingerprint density at radius 3 is 2.42 bits per heavy atom. The predicted molar refractivity (Wildman–Crippen MR) is 283 cm³/mol. The van der Waals surface area contributed by atoms with E-state index < -0.39 is 47.7 Å². The smallest absolute Gasteiger partial charge is 0.419 e. The lowest BCUT2D eigenvalue weighted by Crippen LogP contribution is -2.53. The summed E-state index contributed by atoms with van der Waals surface area (Å²) in [6.07, 6.45) is -2.45. The average Bonchev–Trinajstić information content (AvgIpc) is 4.01. The van der Waals surface area contributed by atoms with E-state index in [2.05, 4.69) is 65.9 Å². The standard InChI is InChI=1S/C29H32ClF4N7O2.C23H26F3N6OP/c1-5-21(42)40-9-10-41(16(3)13-40)27-18-12-19(30)22(26-23(29(32,33)34)15(2)11-20(35)36-26)24(31)25(18)37-28(38-27)43-14-17-7-6-8-39(17)4;1-22(2)8-7-14(10-30-22)31-21-29-12-17(23(24,25)26)18(32-21)16-11-28-19-15(16)6-5-13(9-27)20(19)34(3,4)33/h5,11-12,16-17H,1,6-10,13-14H2,2-4H3,(H2,35,36);5-6,11-12,14,28,30H,7-8,10H2,1-4H3,(H,29,31,32). The monoisotopic (exact) mass is 1110 g/mol. The van der Waals surface area contributed by atoms with Crippen LogP contribution in [0.5, 0.6) is 6.01 Å². The number of hydrogen-bond acceptors (Lipinski definition) is 14. The van der Waals surface area contributed by atoms with Gasteiger partial charge in [-0.1, -0.05) is 24.2 Å². The number of nitrogens with zero attached hydrogens (tertiary/aromatic N) is 9. The van der Waals surface area contributed by atoms with Crippen LogP contribution in [0.15, 0.2) is 49.3 Å². The van der Waals surface area contributed by atoms with Crippen molar-refractivity contribution < 1.29 is 44.8 Å². The third kappa shape index (κ3) is 12.0. The number of amides is 1. The molecule has 0 spiro atoms. The zero-order valence-corrected chi connectivity index (χ0v) is 45.0. The molecule has 6 aromatic rings. The number of likely N-dealkylation sites (tertiary alicyclic amines) is 1. The van der Waals surface area contributed by atoms with E-state index in [0.717, 1.165) is 44.5 Å². The highest BCUT2D eigenvalue weighted by Gasteiger charge is 2.40. The van der Waals surface area contributed by atoms with Crippen molar-refractivity contribution in [2.45, 2.75) is 89.4 Å². The summed E-state index contributed by atoms with van der Waals surface area (Å²) in [7, 11) is -0.935. The summed E-state index contributed by atoms with van der Waals surface area (Å²) in [5.41, 5.74) is 2.43. The molecule has 25 heteroatoms. The predicted octanol–water partition coefficient (Wildman–Crippen LogP) is 9.80. The maximum Gasteiger partial charge on any atom is 0.419 e. The number of pyridine rings is 1. The Morgan fingerprint density at radius 1 is 1.06 bits per heavy atom. The van der Waals surface area contributed by atoms with Gasteiger partial charge in [-0.25, -0.2) is 19.3 Å². The zero-order valence-electron chi connectivity index (χ0n) is 43.3. The highest BCUT2D eigenvalue weighted by Crippen LogP contribution is 2.46. The number of fused-ring (bicyclic) bond motifs is 2. The van der Waals surface area contributed by atoms with Crippen LogP contribution in [0.1, 0.15) is 68.7 Å². The van der Waals surface area contributed by atoms with Gasteiger partial charge < -0.3 is 45.4 Å². The van der Waals surface area contributed by atoms with E-state index in [4.69, 9.17) is 22.1 Å². The van der Waals surface area contributed by atoms with Crippen LogP contribution < -0.4 is 31.3 Å². The number of nitriles is 1. The summed E-state index contributed by atoms with van der Waals surface area (Å²) >= 11 is 6.54. The molecule has 3 aliphatic rings. The first kappa shape index (κ1) is 56.6. The summed E-state index contributed by atoms with van der Waals surface area (Å²) in [6, 6.07) is 7.18. The van der Waals surface area contributed by atoms with E-state index in [-0.39, 0.29) is 98.1 Å². The van der Waals surface area contributed by atoms with Gasteiger partial charge in [-0.2, -0.15) is 41.6 Å². The molecule has 7 heterocycles. The second-order valence-corrected chi connectivity index (χ2v) is 24.2. The topological polar surface area (TPSA) is 207 Å².